The molecule has 2 aromatic rings. The lowest BCUT2D eigenvalue weighted by molar-refractivity contribution is -0.125. The maximum atomic E-state index is 13.5. The second-order valence-corrected chi connectivity index (χ2v) is 9.14. The zero-order chi connectivity index (χ0) is 24.4. The van der Waals surface area contributed by atoms with E-state index >= 15 is 0 Å². The van der Waals surface area contributed by atoms with Crippen molar-refractivity contribution in [2.24, 2.45) is 0 Å². The summed E-state index contributed by atoms with van der Waals surface area (Å²) >= 11 is 0. The first-order valence-corrected chi connectivity index (χ1v) is 12.1. The van der Waals surface area contributed by atoms with Crippen LogP contribution in [0.5, 0.6) is 0 Å². The second kappa shape index (κ2) is 10.0. The molecule has 2 aromatic carbocycles. The monoisotopic (exact) mass is 480 g/mol. The molecule has 3 amide bonds. The molecule has 3 aliphatic rings. The number of benzene rings is 2. The Labute approximate surface area is 203 Å². The fraction of sp³-hybridized carbons (Fsp3) is 0.423. The minimum atomic E-state index is -0.338. The van der Waals surface area contributed by atoms with Gasteiger partial charge >= 0.3 is 0 Å². The van der Waals surface area contributed by atoms with Crippen molar-refractivity contribution >= 4 is 29.1 Å². The summed E-state index contributed by atoms with van der Waals surface area (Å²) < 4.78 is 18.5. The van der Waals surface area contributed by atoms with E-state index in [4.69, 9.17) is 4.74 Å². The van der Waals surface area contributed by atoms with Crippen LogP contribution in [0.4, 0.5) is 15.8 Å². The van der Waals surface area contributed by atoms with Crippen LogP contribution in [-0.4, -0.2) is 68.1 Å². The highest BCUT2D eigenvalue weighted by atomic mass is 19.1. The van der Waals surface area contributed by atoms with E-state index in [1.165, 1.54) is 17.0 Å². The third-order valence-corrected chi connectivity index (χ3v) is 6.88. The predicted octanol–water partition coefficient (Wildman–Crippen LogP) is 2.32. The van der Waals surface area contributed by atoms with Gasteiger partial charge in [0.25, 0.3) is 5.91 Å². The molecule has 8 nitrogen and oxygen atoms in total. The standard InChI is InChI=1S/C26H29FN4O4/c27-20-7-4-18(5-8-20)16-28-24(32)17-31-23-15-19(25(33)29-11-13-35-14-12-29)6-9-21(23)30-10-2-1-3-22(30)26(31)34/h4-9,15,22H,1-3,10-14,16-17H2,(H,28,32). The highest BCUT2D eigenvalue weighted by molar-refractivity contribution is 6.09. The molecule has 2 saturated heterocycles. The number of hydrogen-bond donors (Lipinski definition) is 1. The van der Waals surface area contributed by atoms with E-state index < -0.39 is 0 Å². The molecular weight excluding hydrogens is 451 g/mol. The maximum absolute atomic E-state index is 13.5. The molecule has 1 unspecified atom stereocenters. The van der Waals surface area contributed by atoms with Crippen molar-refractivity contribution in [1.82, 2.24) is 10.2 Å². The molecule has 0 aromatic heterocycles. The van der Waals surface area contributed by atoms with E-state index in [9.17, 15) is 18.8 Å². The number of halogens is 1. The molecule has 2 fully saturated rings. The van der Waals surface area contributed by atoms with Crippen LogP contribution >= 0.6 is 0 Å². The molecule has 1 atom stereocenters. The van der Waals surface area contributed by atoms with Crippen LogP contribution in [-0.2, 0) is 20.9 Å². The van der Waals surface area contributed by atoms with Gasteiger partial charge in [0, 0.05) is 31.7 Å². The molecule has 0 saturated carbocycles. The minimum absolute atomic E-state index is 0.106. The van der Waals surface area contributed by atoms with Crippen LogP contribution in [0.25, 0.3) is 0 Å². The number of anilines is 2. The zero-order valence-corrected chi connectivity index (χ0v) is 19.5. The van der Waals surface area contributed by atoms with Gasteiger partial charge in [-0.3, -0.25) is 19.3 Å². The molecule has 35 heavy (non-hydrogen) atoms. The first-order valence-electron chi connectivity index (χ1n) is 12.1. The van der Waals surface area contributed by atoms with E-state index in [0.29, 0.717) is 37.6 Å². The van der Waals surface area contributed by atoms with Crippen LogP contribution in [0, 0.1) is 5.82 Å². The molecule has 1 N–H and O–H groups in total. The third-order valence-electron chi connectivity index (χ3n) is 6.88. The number of piperidine rings is 1. The van der Waals surface area contributed by atoms with E-state index in [0.717, 1.165) is 37.1 Å². The lowest BCUT2D eigenvalue weighted by atomic mass is 9.95. The Hall–Kier alpha value is -3.46. The average Bonchev–Trinajstić information content (AvgIpc) is 2.90. The summed E-state index contributed by atoms with van der Waals surface area (Å²) in [5.74, 6) is -0.881. The summed E-state index contributed by atoms with van der Waals surface area (Å²) in [6.07, 6.45) is 2.69. The predicted molar refractivity (Wildman–Crippen MR) is 129 cm³/mol. The van der Waals surface area contributed by atoms with Gasteiger partial charge in [-0.15, -0.1) is 0 Å². The van der Waals surface area contributed by atoms with E-state index in [1.54, 1.807) is 23.1 Å². The van der Waals surface area contributed by atoms with Crippen LogP contribution in [0.15, 0.2) is 42.5 Å². The van der Waals surface area contributed by atoms with Gasteiger partial charge in [0.2, 0.25) is 11.8 Å². The molecule has 0 bridgehead atoms. The molecule has 3 aliphatic heterocycles. The Balaban J connectivity index is 1.39. The topological polar surface area (TPSA) is 82.2 Å². The summed E-state index contributed by atoms with van der Waals surface area (Å²) in [6, 6.07) is 11.1. The number of carbonyl (C=O) groups is 3. The summed E-state index contributed by atoms with van der Waals surface area (Å²) in [5, 5.41) is 2.82. The molecule has 0 spiro atoms. The summed E-state index contributed by atoms with van der Waals surface area (Å²) in [6.45, 7) is 2.92. The van der Waals surface area contributed by atoms with Crippen molar-refractivity contribution in [2.75, 3.05) is 49.2 Å². The Morgan fingerprint density at radius 2 is 1.77 bits per heavy atom. The Kier molecular flexibility index (Phi) is 6.68. The number of hydrogen-bond acceptors (Lipinski definition) is 5. The number of ether oxygens (including phenoxy) is 1. The normalized spacial score (nSPS) is 19.7. The Bertz CT molecular complexity index is 1120. The van der Waals surface area contributed by atoms with Crippen LogP contribution in [0.3, 0.4) is 0 Å². The lowest BCUT2D eigenvalue weighted by Gasteiger charge is -2.45. The smallest absolute Gasteiger partial charge is 0.254 e. The molecule has 3 heterocycles. The number of amides is 3. The van der Waals surface area contributed by atoms with Crippen LogP contribution < -0.4 is 15.1 Å². The zero-order valence-electron chi connectivity index (χ0n) is 19.5. The SMILES string of the molecule is O=C(CN1C(=O)C2CCCCN2c2ccc(C(=O)N3CCOCC3)cc21)NCc1ccc(F)cc1. The van der Waals surface area contributed by atoms with Gasteiger partial charge in [-0.25, -0.2) is 4.39 Å². The number of rotatable bonds is 5. The van der Waals surface area contributed by atoms with Crippen molar-refractivity contribution in [3.63, 3.8) is 0 Å². The molecule has 0 aliphatic carbocycles. The Morgan fingerprint density at radius 3 is 2.54 bits per heavy atom. The first-order chi connectivity index (χ1) is 17.0. The van der Waals surface area contributed by atoms with Crippen molar-refractivity contribution < 1.29 is 23.5 Å². The number of nitrogens with zero attached hydrogens (tertiary/aromatic N) is 3. The van der Waals surface area contributed by atoms with Gasteiger partial charge < -0.3 is 19.9 Å². The fourth-order valence-electron chi connectivity index (χ4n) is 5.01. The third kappa shape index (κ3) is 4.86. The van der Waals surface area contributed by atoms with E-state index in [1.807, 2.05) is 12.1 Å². The van der Waals surface area contributed by atoms with Gasteiger partial charge in [-0.05, 0) is 55.2 Å². The maximum Gasteiger partial charge on any atom is 0.254 e. The molecular formula is C26H29FN4O4. The largest absolute Gasteiger partial charge is 0.378 e. The number of fused-ring (bicyclic) bond motifs is 3. The highest BCUT2D eigenvalue weighted by Gasteiger charge is 2.40. The lowest BCUT2D eigenvalue weighted by Crippen LogP contribution is -2.57. The number of morpholine rings is 1. The summed E-state index contributed by atoms with van der Waals surface area (Å²) in [7, 11) is 0. The van der Waals surface area contributed by atoms with Gasteiger partial charge in [0.05, 0.1) is 24.6 Å². The fourth-order valence-corrected chi connectivity index (χ4v) is 5.01. The molecule has 5 rings (SSSR count). The number of nitrogens with one attached hydrogen (secondary N) is 1. The van der Waals surface area contributed by atoms with Crippen LogP contribution in [0.2, 0.25) is 0 Å². The van der Waals surface area contributed by atoms with Gasteiger partial charge in [-0.1, -0.05) is 12.1 Å². The second-order valence-electron chi connectivity index (χ2n) is 9.14. The highest BCUT2D eigenvalue weighted by Crippen LogP contribution is 2.40. The summed E-state index contributed by atoms with van der Waals surface area (Å²) in [5.41, 5.74) is 2.72. The minimum Gasteiger partial charge on any atom is -0.378 e. The molecule has 184 valence electrons. The first kappa shape index (κ1) is 23.3. The van der Waals surface area contributed by atoms with E-state index in [2.05, 4.69) is 10.2 Å². The van der Waals surface area contributed by atoms with Crippen molar-refractivity contribution in [2.45, 2.75) is 31.8 Å². The quantitative estimate of drug-likeness (QED) is 0.711. The summed E-state index contributed by atoms with van der Waals surface area (Å²) in [4.78, 5) is 44.8. The van der Waals surface area contributed by atoms with Gasteiger partial charge in [-0.2, -0.15) is 0 Å². The van der Waals surface area contributed by atoms with Crippen molar-refractivity contribution in [3.8, 4) is 0 Å². The van der Waals surface area contributed by atoms with Crippen LogP contribution in [0.1, 0.15) is 35.2 Å². The average molecular weight is 481 g/mol. The van der Waals surface area contributed by atoms with Crippen molar-refractivity contribution in [3.05, 3.63) is 59.4 Å². The van der Waals surface area contributed by atoms with Crippen molar-refractivity contribution in [1.29, 1.82) is 0 Å². The molecule has 0 radical (unpaired) electrons. The van der Waals surface area contributed by atoms with E-state index in [-0.39, 0.29) is 42.7 Å². The molecule has 9 heteroatoms. The Morgan fingerprint density at radius 1 is 1.00 bits per heavy atom. The number of carbonyl (C=O) groups excluding carboxylic acids is 3. The van der Waals surface area contributed by atoms with Gasteiger partial charge in [0.1, 0.15) is 18.4 Å². The van der Waals surface area contributed by atoms with Gasteiger partial charge in [0.15, 0.2) is 0 Å².